The van der Waals surface area contributed by atoms with E-state index >= 15 is 0 Å². The van der Waals surface area contributed by atoms with E-state index < -0.39 is 62.7 Å². The first-order valence-electron chi connectivity index (χ1n) is 6.63. The zero-order valence-electron chi connectivity index (χ0n) is 12.6. The summed E-state index contributed by atoms with van der Waals surface area (Å²) in [6.07, 6.45) is -9.90. The number of aromatic nitrogens is 2. The van der Waals surface area contributed by atoms with Crippen molar-refractivity contribution in [1.29, 1.82) is 0 Å². The summed E-state index contributed by atoms with van der Waals surface area (Å²) in [6, 6.07) is 0.344. The van der Waals surface area contributed by atoms with Gasteiger partial charge in [0, 0.05) is 6.07 Å². The highest BCUT2D eigenvalue weighted by molar-refractivity contribution is 6.33. The average molecular weight is 418 g/mol. The molecule has 2 rings (SSSR count). The van der Waals surface area contributed by atoms with Crippen molar-refractivity contribution in [2.45, 2.75) is 19.0 Å². The molecule has 0 aliphatic carbocycles. The first-order chi connectivity index (χ1) is 12.3. The van der Waals surface area contributed by atoms with E-state index in [1.807, 2.05) is 0 Å². The van der Waals surface area contributed by atoms with Gasteiger partial charge in [0.2, 0.25) is 0 Å². The summed E-state index contributed by atoms with van der Waals surface area (Å²) < 4.78 is 77.1. The van der Waals surface area contributed by atoms with E-state index in [9.17, 15) is 41.3 Å². The van der Waals surface area contributed by atoms with Crippen LogP contribution in [-0.4, -0.2) is 19.6 Å². The Kier molecular flexibility index (Phi) is 5.21. The molecule has 0 aliphatic heterocycles. The summed E-state index contributed by atoms with van der Waals surface area (Å²) in [5.74, 6) is 0. The van der Waals surface area contributed by atoms with Gasteiger partial charge in [-0.15, -0.1) is 0 Å². The maximum Gasteiger partial charge on any atom is 0.433 e. The molecule has 0 unspecified atom stereocenters. The van der Waals surface area contributed by atoms with Gasteiger partial charge < -0.3 is 5.11 Å². The third kappa shape index (κ3) is 3.88. The van der Waals surface area contributed by atoms with E-state index in [-0.39, 0.29) is 23.0 Å². The molecular formula is C13H6ClF6N3O4. The van der Waals surface area contributed by atoms with Crippen LogP contribution < -0.4 is 5.56 Å². The van der Waals surface area contributed by atoms with Crippen molar-refractivity contribution in [3.8, 4) is 5.69 Å². The van der Waals surface area contributed by atoms with Crippen LogP contribution in [0.3, 0.4) is 0 Å². The number of nitro benzene ring substituents is 1. The molecule has 0 bridgehead atoms. The predicted molar refractivity (Wildman–Crippen MR) is 77.4 cm³/mol. The number of halogens is 7. The van der Waals surface area contributed by atoms with E-state index in [1.54, 1.807) is 0 Å². The second-order valence-electron chi connectivity index (χ2n) is 4.98. The second-order valence-corrected chi connectivity index (χ2v) is 5.39. The molecule has 0 radical (unpaired) electrons. The SMILES string of the molecule is O=c1c(CO)c(C(F)(F)F)ncn1-c1c(Cl)cc(C(F)(F)F)cc1[N+](=O)[O-]. The van der Waals surface area contributed by atoms with Crippen molar-refractivity contribution in [2.75, 3.05) is 0 Å². The smallest absolute Gasteiger partial charge is 0.391 e. The Morgan fingerprint density at radius 3 is 2.22 bits per heavy atom. The average Bonchev–Trinajstić information content (AvgIpc) is 2.52. The number of hydrogen-bond acceptors (Lipinski definition) is 5. The van der Waals surface area contributed by atoms with Gasteiger partial charge in [0.15, 0.2) is 5.69 Å². The molecule has 14 heteroatoms. The number of nitrogens with zero attached hydrogens (tertiary/aromatic N) is 3. The monoisotopic (exact) mass is 417 g/mol. The third-order valence-electron chi connectivity index (χ3n) is 3.30. The summed E-state index contributed by atoms with van der Waals surface area (Å²) in [5, 5.41) is 19.3. The molecule has 0 saturated carbocycles. The molecule has 1 aromatic heterocycles. The molecule has 0 atom stereocenters. The molecule has 0 aliphatic rings. The highest BCUT2D eigenvalue weighted by Crippen LogP contribution is 2.38. The molecule has 0 fully saturated rings. The zero-order valence-corrected chi connectivity index (χ0v) is 13.4. The Hall–Kier alpha value is -2.67. The Labute approximate surface area is 149 Å². The summed E-state index contributed by atoms with van der Waals surface area (Å²) in [7, 11) is 0. The van der Waals surface area contributed by atoms with E-state index in [0.717, 1.165) is 0 Å². The Morgan fingerprint density at radius 1 is 1.19 bits per heavy atom. The third-order valence-corrected chi connectivity index (χ3v) is 3.59. The summed E-state index contributed by atoms with van der Waals surface area (Å²) in [6.45, 7) is -1.42. The van der Waals surface area contributed by atoms with Crippen molar-refractivity contribution in [3.05, 3.63) is 60.8 Å². The van der Waals surface area contributed by atoms with Crippen molar-refractivity contribution >= 4 is 17.3 Å². The predicted octanol–water partition coefficient (Wildman–Crippen LogP) is 3.32. The molecule has 7 nitrogen and oxygen atoms in total. The summed E-state index contributed by atoms with van der Waals surface area (Å²) >= 11 is 5.64. The van der Waals surface area contributed by atoms with Gasteiger partial charge in [-0.1, -0.05) is 11.6 Å². The molecule has 27 heavy (non-hydrogen) atoms. The Balaban J connectivity index is 2.87. The lowest BCUT2D eigenvalue weighted by molar-refractivity contribution is -0.384. The summed E-state index contributed by atoms with van der Waals surface area (Å²) in [5.41, 5.74) is -8.28. The second kappa shape index (κ2) is 6.81. The zero-order chi connectivity index (χ0) is 20.7. The molecule has 1 N–H and O–H groups in total. The molecule has 0 amide bonds. The van der Waals surface area contributed by atoms with Crippen LogP contribution in [0.15, 0.2) is 23.3 Å². The number of rotatable bonds is 3. The fourth-order valence-electron chi connectivity index (χ4n) is 2.16. The standard InChI is InChI=1S/C13H6ClF6N3O4/c14-7-1-5(12(15,16)17)2-8(23(26)27)9(7)22-4-21-10(13(18,19)20)6(3-24)11(22)25/h1-2,4,24H,3H2. The normalized spacial score (nSPS) is 12.3. The molecular weight excluding hydrogens is 412 g/mol. The Morgan fingerprint density at radius 2 is 1.78 bits per heavy atom. The highest BCUT2D eigenvalue weighted by atomic mass is 35.5. The van der Waals surface area contributed by atoms with Crippen LogP contribution in [0.2, 0.25) is 5.02 Å². The lowest BCUT2D eigenvalue weighted by Crippen LogP contribution is -2.29. The molecule has 2 aromatic rings. The van der Waals surface area contributed by atoms with Gasteiger partial charge in [0.25, 0.3) is 11.2 Å². The minimum atomic E-state index is -5.12. The Bertz CT molecular complexity index is 970. The molecule has 1 heterocycles. The van der Waals surface area contributed by atoms with Gasteiger partial charge in [-0.05, 0) is 6.07 Å². The minimum absolute atomic E-state index is 0.0734. The summed E-state index contributed by atoms with van der Waals surface area (Å²) in [4.78, 5) is 25.0. The first kappa shape index (κ1) is 20.6. The van der Waals surface area contributed by atoms with Crippen LogP contribution in [0.25, 0.3) is 5.69 Å². The highest BCUT2D eigenvalue weighted by Gasteiger charge is 2.38. The van der Waals surface area contributed by atoms with E-state index in [2.05, 4.69) is 4.98 Å². The van der Waals surface area contributed by atoms with Crippen LogP contribution >= 0.6 is 11.6 Å². The van der Waals surface area contributed by atoms with Gasteiger partial charge >= 0.3 is 12.4 Å². The van der Waals surface area contributed by atoms with Crippen LogP contribution in [-0.2, 0) is 19.0 Å². The lowest BCUT2D eigenvalue weighted by Gasteiger charge is -2.15. The number of nitro groups is 1. The maximum atomic E-state index is 12.8. The van der Waals surface area contributed by atoms with E-state index in [1.165, 1.54) is 0 Å². The quantitative estimate of drug-likeness (QED) is 0.469. The van der Waals surface area contributed by atoms with Gasteiger partial charge in [-0.25, -0.2) is 4.98 Å². The van der Waals surface area contributed by atoms with Crippen LogP contribution in [0.4, 0.5) is 32.0 Å². The van der Waals surface area contributed by atoms with Crippen LogP contribution in [0, 0.1) is 10.1 Å². The maximum absolute atomic E-state index is 12.8. The largest absolute Gasteiger partial charge is 0.433 e. The van der Waals surface area contributed by atoms with Gasteiger partial charge in [-0.3, -0.25) is 19.5 Å². The topological polar surface area (TPSA) is 98.3 Å². The number of benzene rings is 1. The molecule has 1 aromatic carbocycles. The number of hydrogen-bond donors (Lipinski definition) is 1. The lowest BCUT2D eigenvalue weighted by atomic mass is 10.1. The van der Waals surface area contributed by atoms with Crippen molar-refractivity contribution in [1.82, 2.24) is 9.55 Å². The van der Waals surface area contributed by atoms with Crippen molar-refractivity contribution < 1.29 is 36.4 Å². The first-order valence-corrected chi connectivity index (χ1v) is 7.01. The molecule has 0 saturated heterocycles. The number of alkyl halides is 6. The fraction of sp³-hybridized carbons (Fsp3) is 0.231. The molecule has 0 spiro atoms. The fourth-order valence-corrected chi connectivity index (χ4v) is 2.47. The van der Waals surface area contributed by atoms with Crippen LogP contribution in [0.5, 0.6) is 0 Å². The molecule has 146 valence electrons. The van der Waals surface area contributed by atoms with E-state index in [0.29, 0.717) is 0 Å². The van der Waals surface area contributed by atoms with Crippen LogP contribution in [0.1, 0.15) is 16.8 Å². The van der Waals surface area contributed by atoms with Gasteiger partial charge in [0.1, 0.15) is 12.0 Å². The van der Waals surface area contributed by atoms with Gasteiger partial charge in [0.05, 0.1) is 27.7 Å². The number of aliphatic hydroxyl groups excluding tert-OH is 1. The van der Waals surface area contributed by atoms with Crippen molar-refractivity contribution in [2.24, 2.45) is 0 Å². The number of aliphatic hydroxyl groups is 1. The van der Waals surface area contributed by atoms with Gasteiger partial charge in [-0.2, -0.15) is 26.3 Å². The van der Waals surface area contributed by atoms with E-state index in [4.69, 9.17) is 16.7 Å². The minimum Gasteiger partial charge on any atom is -0.391 e. The van der Waals surface area contributed by atoms with Crippen molar-refractivity contribution in [3.63, 3.8) is 0 Å².